The second-order valence-corrected chi connectivity index (χ2v) is 8.07. The second kappa shape index (κ2) is 10.1. The van der Waals surface area contributed by atoms with Gasteiger partial charge in [0.2, 0.25) is 0 Å². The molecule has 0 fully saturated rings. The molecule has 0 amide bonds. The van der Waals surface area contributed by atoms with Crippen LogP contribution in [0.2, 0.25) is 0 Å². The van der Waals surface area contributed by atoms with Crippen LogP contribution in [-0.4, -0.2) is 53.2 Å². The molecule has 142 valence electrons. The summed E-state index contributed by atoms with van der Waals surface area (Å²) in [5, 5.41) is 6.40. The molecule has 1 aromatic carbocycles. The van der Waals surface area contributed by atoms with Crippen LogP contribution in [-0.2, 0) is 16.4 Å². The van der Waals surface area contributed by atoms with E-state index in [2.05, 4.69) is 15.6 Å². The van der Waals surface area contributed by atoms with E-state index in [9.17, 15) is 8.42 Å². The number of benzene rings is 1. The third-order valence-corrected chi connectivity index (χ3v) is 4.49. The van der Waals surface area contributed by atoms with Gasteiger partial charge in [-0.25, -0.2) is 8.42 Å². The third-order valence-electron chi connectivity index (χ3n) is 3.52. The van der Waals surface area contributed by atoms with Crippen LogP contribution in [0, 0.1) is 0 Å². The summed E-state index contributed by atoms with van der Waals surface area (Å²) in [6, 6.07) is 5.74. The highest BCUT2D eigenvalue weighted by atomic mass is 32.2. The maximum atomic E-state index is 11.2. The molecule has 1 aromatic rings. The van der Waals surface area contributed by atoms with E-state index in [0.29, 0.717) is 37.0 Å². The molecule has 1 rings (SSSR count). The molecule has 0 heterocycles. The summed E-state index contributed by atoms with van der Waals surface area (Å²) in [6.07, 6.45) is 1.77. The molecule has 0 aliphatic rings. The Bertz CT molecular complexity index is 674. The Labute approximate surface area is 150 Å². The van der Waals surface area contributed by atoms with Gasteiger partial charge in [-0.2, -0.15) is 0 Å². The number of methoxy groups -OCH3 is 1. The fourth-order valence-corrected chi connectivity index (χ4v) is 2.96. The largest absolute Gasteiger partial charge is 0.493 e. The molecule has 0 aliphatic carbocycles. The van der Waals surface area contributed by atoms with Crippen molar-refractivity contribution in [3.8, 4) is 11.5 Å². The van der Waals surface area contributed by atoms with Gasteiger partial charge in [-0.15, -0.1) is 0 Å². The van der Waals surface area contributed by atoms with Gasteiger partial charge in [0.1, 0.15) is 9.84 Å². The number of hydrogen-bond acceptors (Lipinski definition) is 5. The second-order valence-electron chi connectivity index (χ2n) is 5.81. The zero-order valence-electron chi connectivity index (χ0n) is 15.6. The smallest absolute Gasteiger partial charge is 0.191 e. The van der Waals surface area contributed by atoms with E-state index in [4.69, 9.17) is 9.47 Å². The van der Waals surface area contributed by atoms with Crippen molar-refractivity contribution in [3.05, 3.63) is 23.8 Å². The molecule has 0 saturated carbocycles. The van der Waals surface area contributed by atoms with Crippen LogP contribution in [0.5, 0.6) is 11.5 Å². The summed E-state index contributed by atoms with van der Waals surface area (Å²) < 4.78 is 33.3. The highest BCUT2D eigenvalue weighted by molar-refractivity contribution is 7.90. The van der Waals surface area contributed by atoms with Gasteiger partial charge in [0.25, 0.3) is 0 Å². The SMILES string of the molecule is CCOc1cc(CNC(=NC)NC(C)CCS(C)(=O)=O)ccc1OC. The lowest BCUT2D eigenvalue weighted by Crippen LogP contribution is -2.42. The normalized spacial score (nSPS) is 13.2. The van der Waals surface area contributed by atoms with E-state index in [1.807, 2.05) is 32.0 Å². The Morgan fingerprint density at radius 3 is 2.60 bits per heavy atom. The van der Waals surface area contributed by atoms with Gasteiger partial charge in [0.05, 0.1) is 19.5 Å². The number of hydrogen-bond donors (Lipinski definition) is 2. The minimum absolute atomic E-state index is 0.00391. The number of nitrogens with one attached hydrogen (secondary N) is 2. The van der Waals surface area contributed by atoms with Crippen LogP contribution in [0.1, 0.15) is 25.8 Å². The third kappa shape index (κ3) is 8.11. The average molecular weight is 372 g/mol. The highest BCUT2D eigenvalue weighted by Gasteiger charge is 2.10. The van der Waals surface area contributed by atoms with E-state index in [1.54, 1.807) is 14.2 Å². The summed E-state index contributed by atoms with van der Waals surface area (Å²) in [6.45, 7) is 4.98. The van der Waals surface area contributed by atoms with Gasteiger partial charge < -0.3 is 20.1 Å². The molecule has 0 spiro atoms. The van der Waals surface area contributed by atoms with Crippen LogP contribution in [0.15, 0.2) is 23.2 Å². The van der Waals surface area contributed by atoms with Crippen molar-refractivity contribution < 1.29 is 17.9 Å². The number of guanidine groups is 1. The van der Waals surface area contributed by atoms with E-state index in [1.165, 1.54) is 6.26 Å². The van der Waals surface area contributed by atoms with E-state index >= 15 is 0 Å². The van der Waals surface area contributed by atoms with E-state index in [-0.39, 0.29) is 11.8 Å². The molecule has 0 aliphatic heterocycles. The molecule has 8 heteroatoms. The molecule has 0 bridgehead atoms. The summed E-state index contributed by atoms with van der Waals surface area (Å²) in [4.78, 5) is 4.17. The minimum atomic E-state index is -2.96. The maximum Gasteiger partial charge on any atom is 0.191 e. The average Bonchev–Trinajstić information content (AvgIpc) is 2.56. The molecule has 7 nitrogen and oxygen atoms in total. The van der Waals surface area contributed by atoms with Gasteiger partial charge in [-0.05, 0) is 38.0 Å². The topological polar surface area (TPSA) is 89.0 Å². The van der Waals surface area contributed by atoms with Crippen molar-refractivity contribution in [2.45, 2.75) is 32.9 Å². The molecule has 0 saturated heterocycles. The monoisotopic (exact) mass is 371 g/mol. The molecule has 25 heavy (non-hydrogen) atoms. The lowest BCUT2D eigenvalue weighted by Gasteiger charge is -2.18. The Balaban J connectivity index is 2.61. The Hall–Kier alpha value is -1.96. The van der Waals surface area contributed by atoms with Crippen molar-refractivity contribution in [1.82, 2.24) is 10.6 Å². The van der Waals surface area contributed by atoms with E-state index in [0.717, 1.165) is 5.56 Å². The van der Waals surface area contributed by atoms with Crippen molar-refractivity contribution in [1.29, 1.82) is 0 Å². The Kier molecular flexibility index (Phi) is 8.54. The van der Waals surface area contributed by atoms with Crippen LogP contribution >= 0.6 is 0 Å². The van der Waals surface area contributed by atoms with Crippen molar-refractivity contribution >= 4 is 15.8 Å². The predicted molar refractivity (Wildman–Crippen MR) is 101 cm³/mol. The predicted octanol–water partition coefficient (Wildman–Crippen LogP) is 1.58. The Morgan fingerprint density at radius 2 is 2.04 bits per heavy atom. The first-order valence-electron chi connectivity index (χ1n) is 8.23. The van der Waals surface area contributed by atoms with Gasteiger partial charge >= 0.3 is 0 Å². The number of aliphatic imine (C=N–C) groups is 1. The minimum Gasteiger partial charge on any atom is -0.493 e. The fourth-order valence-electron chi connectivity index (χ4n) is 2.18. The first kappa shape index (κ1) is 21.1. The lowest BCUT2D eigenvalue weighted by atomic mass is 10.2. The molecule has 0 radical (unpaired) electrons. The zero-order valence-corrected chi connectivity index (χ0v) is 16.4. The number of sulfone groups is 1. The molecule has 2 N–H and O–H groups in total. The quantitative estimate of drug-likeness (QED) is 0.506. The number of ether oxygens (including phenoxy) is 2. The summed E-state index contributed by atoms with van der Waals surface area (Å²) in [5.41, 5.74) is 1.02. The van der Waals surface area contributed by atoms with Crippen molar-refractivity contribution in [2.24, 2.45) is 4.99 Å². The molecular weight excluding hydrogens is 342 g/mol. The van der Waals surface area contributed by atoms with Crippen LogP contribution < -0.4 is 20.1 Å². The van der Waals surface area contributed by atoms with Crippen LogP contribution in [0.4, 0.5) is 0 Å². The van der Waals surface area contributed by atoms with Crippen molar-refractivity contribution in [2.75, 3.05) is 32.8 Å². The molecule has 1 unspecified atom stereocenters. The summed E-state index contributed by atoms with van der Waals surface area (Å²) in [5.74, 6) is 2.17. The van der Waals surface area contributed by atoms with Crippen LogP contribution in [0.25, 0.3) is 0 Å². The van der Waals surface area contributed by atoms with Crippen LogP contribution in [0.3, 0.4) is 0 Å². The van der Waals surface area contributed by atoms with Gasteiger partial charge in [0, 0.05) is 25.9 Å². The number of nitrogens with zero attached hydrogens (tertiary/aromatic N) is 1. The maximum absolute atomic E-state index is 11.2. The molecule has 1 atom stereocenters. The fraction of sp³-hybridized carbons (Fsp3) is 0.588. The molecular formula is C17H29N3O4S. The molecule has 0 aromatic heterocycles. The first-order chi connectivity index (χ1) is 11.8. The summed E-state index contributed by atoms with van der Waals surface area (Å²) in [7, 11) is 0.329. The van der Waals surface area contributed by atoms with Gasteiger partial charge in [-0.3, -0.25) is 4.99 Å². The zero-order chi connectivity index (χ0) is 18.9. The van der Waals surface area contributed by atoms with Crippen molar-refractivity contribution in [3.63, 3.8) is 0 Å². The Morgan fingerprint density at radius 1 is 1.32 bits per heavy atom. The van der Waals surface area contributed by atoms with Gasteiger partial charge in [0.15, 0.2) is 17.5 Å². The number of rotatable bonds is 9. The lowest BCUT2D eigenvalue weighted by molar-refractivity contribution is 0.310. The standard InChI is InChI=1S/C17H29N3O4S/c1-6-24-16-11-14(7-8-15(16)23-4)12-19-17(18-3)20-13(2)9-10-25(5,21)22/h7-8,11,13H,6,9-10,12H2,1-5H3,(H2,18,19,20). The van der Waals surface area contributed by atoms with E-state index < -0.39 is 9.84 Å². The first-order valence-corrected chi connectivity index (χ1v) is 10.3. The van der Waals surface area contributed by atoms with Gasteiger partial charge in [-0.1, -0.05) is 6.07 Å². The highest BCUT2D eigenvalue weighted by Crippen LogP contribution is 2.27. The summed E-state index contributed by atoms with van der Waals surface area (Å²) >= 11 is 0.